The van der Waals surface area contributed by atoms with Crippen LogP contribution < -0.4 is 0 Å². The highest BCUT2D eigenvalue weighted by molar-refractivity contribution is 5.57. The van der Waals surface area contributed by atoms with Crippen LogP contribution in [-0.2, 0) is 6.54 Å². The second-order valence-corrected chi connectivity index (χ2v) is 9.17. The average molecular weight is 412 g/mol. The normalized spacial score (nSPS) is 22.7. The number of likely N-dealkylation sites (tertiary alicyclic amines) is 1. The molecule has 5 heteroatoms. The molecule has 0 radical (unpaired) electrons. The van der Waals surface area contributed by atoms with E-state index in [0.717, 1.165) is 43.9 Å². The first-order valence-electron chi connectivity index (χ1n) is 11.6. The van der Waals surface area contributed by atoms with Crippen LogP contribution in [0.5, 0.6) is 0 Å². The molecule has 2 saturated heterocycles. The summed E-state index contributed by atoms with van der Waals surface area (Å²) in [5.41, 5.74) is 2.46. The van der Waals surface area contributed by atoms with E-state index in [2.05, 4.69) is 52.8 Å². The van der Waals surface area contributed by atoms with E-state index in [0.29, 0.717) is 18.1 Å². The van der Waals surface area contributed by atoms with E-state index in [1.54, 1.807) is 6.26 Å². The van der Waals surface area contributed by atoms with E-state index in [1.807, 2.05) is 12.1 Å². The van der Waals surface area contributed by atoms with Crippen LogP contribution in [0, 0.1) is 0 Å². The van der Waals surface area contributed by atoms with E-state index in [-0.39, 0.29) is 6.61 Å². The number of aliphatic hydroxyl groups excluding tert-OH is 1. The second-order valence-electron chi connectivity index (χ2n) is 9.17. The van der Waals surface area contributed by atoms with Crippen molar-refractivity contribution < 1.29 is 9.52 Å². The van der Waals surface area contributed by atoms with Crippen molar-refractivity contribution in [3.05, 3.63) is 48.2 Å². The number of rotatable bonds is 7. The molecule has 2 aliphatic rings. The van der Waals surface area contributed by atoms with Gasteiger partial charge < -0.3 is 14.4 Å². The first kappa shape index (κ1) is 21.6. The first-order chi connectivity index (χ1) is 14.6. The van der Waals surface area contributed by atoms with E-state index < -0.39 is 0 Å². The maximum atomic E-state index is 9.68. The zero-order valence-electron chi connectivity index (χ0n) is 18.5. The minimum atomic E-state index is 0.275. The van der Waals surface area contributed by atoms with Gasteiger partial charge in [-0.1, -0.05) is 24.3 Å². The SMILES string of the molecule is CC(C)N1CCC(N2CCN(Cc3ccc(-c4ccco4)cc3)C[C@H]2CCO)CC1. The number of hydrogen-bond donors (Lipinski definition) is 1. The van der Waals surface area contributed by atoms with Crippen LogP contribution in [-0.4, -0.2) is 77.3 Å². The van der Waals surface area contributed by atoms with Crippen LogP contribution in [0.3, 0.4) is 0 Å². The highest BCUT2D eigenvalue weighted by Gasteiger charge is 2.33. The van der Waals surface area contributed by atoms with E-state index in [9.17, 15) is 5.11 Å². The molecule has 1 aromatic carbocycles. The minimum Gasteiger partial charge on any atom is -0.464 e. The Bertz CT molecular complexity index is 751. The fourth-order valence-electron chi connectivity index (χ4n) is 5.17. The molecule has 5 nitrogen and oxygen atoms in total. The molecule has 0 amide bonds. The molecule has 164 valence electrons. The van der Waals surface area contributed by atoms with Gasteiger partial charge in [0.1, 0.15) is 5.76 Å². The van der Waals surface area contributed by atoms with Crippen molar-refractivity contribution in [1.82, 2.24) is 14.7 Å². The summed E-state index contributed by atoms with van der Waals surface area (Å²) in [5, 5.41) is 9.68. The summed E-state index contributed by atoms with van der Waals surface area (Å²) in [4.78, 5) is 7.87. The number of piperidine rings is 1. The summed E-state index contributed by atoms with van der Waals surface area (Å²) in [6.45, 7) is 11.5. The lowest BCUT2D eigenvalue weighted by molar-refractivity contribution is -0.0000284. The summed E-state index contributed by atoms with van der Waals surface area (Å²) in [5.74, 6) is 0.918. The van der Waals surface area contributed by atoms with Crippen molar-refractivity contribution >= 4 is 0 Å². The largest absolute Gasteiger partial charge is 0.464 e. The van der Waals surface area contributed by atoms with Crippen molar-refractivity contribution in [1.29, 1.82) is 0 Å². The molecule has 0 bridgehead atoms. The Hall–Kier alpha value is -1.66. The second kappa shape index (κ2) is 10.1. The molecule has 0 saturated carbocycles. The molecular weight excluding hydrogens is 374 g/mol. The lowest BCUT2D eigenvalue weighted by Crippen LogP contribution is -2.58. The predicted molar refractivity (Wildman–Crippen MR) is 121 cm³/mol. The highest BCUT2D eigenvalue weighted by atomic mass is 16.3. The standard InChI is InChI=1S/C25H37N3O2/c1-20(2)27-12-9-23(10-13-27)28-15-14-26(19-24(28)11-16-29)18-21-5-7-22(8-6-21)25-4-3-17-30-25/h3-8,17,20,23-24,29H,9-16,18-19H2,1-2H3/t24-/m1/s1. The van der Waals surface area contributed by atoms with Crippen molar-refractivity contribution in [2.24, 2.45) is 0 Å². The van der Waals surface area contributed by atoms with Crippen LogP contribution in [0.2, 0.25) is 0 Å². The topological polar surface area (TPSA) is 43.1 Å². The van der Waals surface area contributed by atoms with Crippen molar-refractivity contribution in [3.63, 3.8) is 0 Å². The van der Waals surface area contributed by atoms with Gasteiger partial charge in [0, 0.05) is 56.5 Å². The smallest absolute Gasteiger partial charge is 0.133 e. The third-order valence-corrected chi connectivity index (χ3v) is 6.94. The van der Waals surface area contributed by atoms with Crippen molar-refractivity contribution in [2.45, 2.75) is 57.8 Å². The summed E-state index contributed by atoms with van der Waals surface area (Å²) in [6.07, 6.45) is 5.11. The molecule has 1 N–H and O–H groups in total. The average Bonchev–Trinajstić information content (AvgIpc) is 3.30. The molecule has 2 fully saturated rings. The molecule has 0 spiro atoms. The van der Waals surface area contributed by atoms with Crippen LogP contribution in [0.4, 0.5) is 0 Å². The van der Waals surface area contributed by atoms with Gasteiger partial charge >= 0.3 is 0 Å². The van der Waals surface area contributed by atoms with Gasteiger partial charge in [-0.15, -0.1) is 0 Å². The Morgan fingerprint density at radius 1 is 1.03 bits per heavy atom. The summed E-state index contributed by atoms with van der Waals surface area (Å²) in [7, 11) is 0. The zero-order valence-corrected chi connectivity index (χ0v) is 18.5. The Kier molecular flexibility index (Phi) is 7.26. The van der Waals surface area contributed by atoms with Gasteiger partial charge in [0.05, 0.1) is 6.26 Å². The van der Waals surface area contributed by atoms with E-state index in [4.69, 9.17) is 4.42 Å². The fourth-order valence-corrected chi connectivity index (χ4v) is 5.17. The maximum absolute atomic E-state index is 9.68. The number of nitrogens with zero attached hydrogens (tertiary/aromatic N) is 3. The highest BCUT2D eigenvalue weighted by Crippen LogP contribution is 2.26. The molecule has 1 atom stereocenters. The number of piperazine rings is 1. The molecule has 3 heterocycles. The van der Waals surface area contributed by atoms with Crippen LogP contribution in [0.15, 0.2) is 47.1 Å². The van der Waals surface area contributed by atoms with Gasteiger partial charge in [0.15, 0.2) is 0 Å². The van der Waals surface area contributed by atoms with Crippen LogP contribution in [0.1, 0.15) is 38.7 Å². The van der Waals surface area contributed by atoms with Gasteiger partial charge in [-0.25, -0.2) is 0 Å². The molecule has 0 unspecified atom stereocenters. The van der Waals surface area contributed by atoms with E-state index in [1.165, 1.54) is 31.5 Å². The van der Waals surface area contributed by atoms with Gasteiger partial charge in [0.25, 0.3) is 0 Å². The predicted octanol–water partition coefficient (Wildman–Crippen LogP) is 3.69. The third-order valence-electron chi connectivity index (χ3n) is 6.94. The third kappa shape index (κ3) is 5.14. The number of benzene rings is 1. The van der Waals surface area contributed by atoms with Gasteiger partial charge in [0.2, 0.25) is 0 Å². The lowest BCUT2D eigenvalue weighted by atomic mass is 9.97. The van der Waals surface area contributed by atoms with Crippen molar-refractivity contribution in [3.8, 4) is 11.3 Å². The van der Waals surface area contributed by atoms with Gasteiger partial charge in [-0.2, -0.15) is 0 Å². The lowest BCUT2D eigenvalue weighted by Gasteiger charge is -2.48. The zero-order chi connectivity index (χ0) is 20.9. The minimum absolute atomic E-state index is 0.275. The summed E-state index contributed by atoms with van der Waals surface area (Å²) < 4.78 is 5.50. The summed E-state index contributed by atoms with van der Waals surface area (Å²) >= 11 is 0. The fraction of sp³-hybridized carbons (Fsp3) is 0.600. The van der Waals surface area contributed by atoms with Gasteiger partial charge in [-0.05, 0) is 63.9 Å². The Morgan fingerprint density at radius 2 is 1.80 bits per heavy atom. The van der Waals surface area contributed by atoms with E-state index >= 15 is 0 Å². The molecule has 1 aromatic heterocycles. The van der Waals surface area contributed by atoms with Gasteiger partial charge in [-0.3, -0.25) is 9.80 Å². The number of furan rings is 1. The number of aliphatic hydroxyl groups is 1. The molecule has 2 aliphatic heterocycles. The summed E-state index contributed by atoms with van der Waals surface area (Å²) in [6, 6.07) is 14.4. The monoisotopic (exact) mass is 411 g/mol. The Morgan fingerprint density at radius 3 is 2.43 bits per heavy atom. The molecule has 0 aliphatic carbocycles. The quantitative estimate of drug-likeness (QED) is 0.753. The molecule has 2 aromatic rings. The van der Waals surface area contributed by atoms with Crippen molar-refractivity contribution in [2.75, 3.05) is 39.3 Å². The Balaban J connectivity index is 1.34. The van der Waals surface area contributed by atoms with Crippen LogP contribution >= 0.6 is 0 Å². The molecule has 4 rings (SSSR count). The molecule has 30 heavy (non-hydrogen) atoms. The first-order valence-corrected chi connectivity index (χ1v) is 11.6. The number of hydrogen-bond acceptors (Lipinski definition) is 5. The Labute approximate surface area is 181 Å². The maximum Gasteiger partial charge on any atom is 0.133 e. The molecular formula is C25H37N3O2. The van der Waals surface area contributed by atoms with Crippen LogP contribution in [0.25, 0.3) is 11.3 Å².